The number of rotatable bonds is 2. The molecular formula is C11H14N4. The fraction of sp³-hybridized carbons (Fsp3) is 0.273. The van der Waals surface area contributed by atoms with E-state index in [2.05, 4.69) is 9.97 Å². The number of nitrogens with zero attached hydrogens (tertiary/aromatic N) is 3. The summed E-state index contributed by atoms with van der Waals surface area (Å²) in [6, 6.07) is 3.90. The molecule has 0 saturated carbocycles. The Morgan fingerprint density at radius 3 is 2.80 bits per heavy atom. The summed E-state index contributed by atoms with van der Waals surface area (Å²) < 4.78 is 2.02. The smallest absolute Gasteiger partial charge is 0.141 e. The van der Waals surface area contributed by atoms with Crippen molar-refractivity contribution in [1.29, 1.82) is 0 Å². The van der Waals surface area contributed by atoms with Crippen molar-refractivity contribution in [2.24, 2.45) is 12.8 Å². The fourth-order valence-corrected chi connectivity index (χ4v) is 1.71. The Kier molecular flexibility index (Phi) is 2.51. The molecule has 2 heterocycles. The predicted molar refractivity (Wildman–Crippen MR) is 59.1 cm³/mol. The molecule has 0 aliphatic heterocycles. The van der Waals surface area contributed by atoms with Crippen molar-refractivity contribution in [2.45, 2.75) is 13.5 Å². The Hall–Kier alpha value is -1.68. The van der Waals surface area contributed by atoms with Gasteiger partial charge in [-0.25, -0.2) is 4.98 Å². The lowest BCUT2D eigenvalue weighted by Gasteiger charge is -2.03. The average molecular weight is 202 g/mol. The van der Waals surface area contributed by atoms with Crippen LogP contribution in [0.1, 0.15) is 11.4 Å². The highest BCUT2D eigenvalue weighted by molar-refractivity contribution is 5.55. The molecular weight excluding hydrogens is 188 g/mol. The first-order valence-electron chi connectivity index (χ1n) is 4.86. The summed E-state index contributed by atoms with van der Waals surface area (Å²) in [6.07, 6.45) is 3.56. The standard InChI is InChI=1S/C11H14N4/c1-8-10(6-12)15(2)11(14-8)9-4-3-5-13-7-9/h3-5,7H,6,12H2,1-2H3. The summed E-state index contributed by atoms with van der Waals surface area (Å²) in [5, 5.41) is 0. The highest BCUT2D eigenvalue weighted by Gasteiger charge is 2.11. The zero-order chi connectivity index (χ0) is 10.8. The third-order valence-corrected chi connectivity index (χ3v) is 2.53. The molecule has 2 rings (SSSR count). The summed E-state index contributed by atoms with van der Waals surface area (Å²) in [5.74, 6) is 0.918. The summed E-state index contributed by atoms with van der Waals surface area (Å²) >= 11 is 0. The van der Waals surface area contributed by atoms with Gasteiger partial charge in [-0.2, -0.15) is 0 Å². The molecule has 78 valence electrons. The van der Waals surface area contributed by atoms with E-state index in [0.29, 0.717) is 6.54 Å². The number of imidazole rings is 1. The van der Waals surface area contributed by atoms with Crippen LogP contribution in [0.15, 0.2) is 24.5 Å². The molecule has 15 heavy (non-hydrogen) atoms. The number of aryl methyl sites for hydroxylation is 1. The summed E-state index contributed by atoms with van der Waals surface area (Å²) in [5.41, 5.74) is 8.73. The molecule has 0 bridgehead atoms. The highest BCUT2D eigenvalue weighted by atomic mass is 15.1. The second kappa shape index (κ2) is 3.82. The largest absolute Gasteiger partial charge is 0.330 e. The van der Waals surface area contributed by atoms with E-state index < -0.39 is 0 Å². The minimum atomic E-state index is 0.510. The van der Waals surface area contributed by atoms with Gasteiger partial charge < -0.3 is 10.3 Å². The maximum atomic E-state index is 5.67. The number of aromatic nitrogens is 3. The fourth-order valence-electron chi connectivity index (χ4n) is 1.71. The molecule has 2 aromatic heterocycles. The van der Waals surface area contributed by atoms with Crippen LogP contribution < -0.4 is 5.73 Å². The lowest BCUT2D eigenvalue weighted by atomic mass is 10.3. The van der Waals surface area contributed by atoms with Gasteiger partial charge in [0.2, 0.25) is 0 Å². The van der Waals surface area contributed by atoms with Gasteiger partial charge in [-0.1, -0.05) is 0 Å². The van der Waals surface area contributed by atoms with Gasteiger partial charge in [-0.05, 0) is 19.1 Å². The van der Waals surface area contributed by atoms with Gasteiger partial charge in [0, 0.05) is 31.5 Å². The van der Waals surface area contributed by atoms with Crippen molar-refractivity contribution in [3.05, 3.63) is 35.9 Å². The Morgan fingerprint density at radius 1 is 1.47 bits per heavy atom. The molecule has 0 amide bonds. The summed E-state index contributed by atoms with van der Waals surface area (Å²) in [7, 11) is 1.98. The van der Waals surface area contributed by atoms with Crippen LogP contribution in [0.2, 0.25) is 0 Å². The van der Waals surface area contributed by atoms with Crippen LogP contribution in [-0.2, 0) is 13.6 Å². The minimum Gasteiger partial charge on any atom is -0.330 e. The first kappa shape index (κ1) is 9.86. The molecule has 0 aliphatic rings. The van der Waals surface area contributed by atoms with E-state index in [0.717, 1.165) is 22.8 Å². The number of hydrogen-bond acceptors (Lipinski definition) is 3. The van der Waals surface area contributed by atoms with Gasteiger partial charge in [-0.15, -0.1) is 0 Å². The lowest BCUT2D eigenvalue weighted by Crippen LogP contribution is -2.05. The quantitative estimate of drug-likeness (QED) is 0.797. The maximum absolute atomic E-state index is 5.67. The molecule has 0 aromatic carbocycles. The van der Waals surface area contributed by atoms with E-state index in [1.54, 1.807) is 6.20 Å². The molecule has 2 N–H and O–H groups in total. The van der Waals surface area contributed by atoms with Crippen LogP contribution in [0.5, 0.6) is 0 Å². The molecule has 0 spiro atoms. The van der Waals surface area contributed by atoms with Crippen LogP contribution >= 0.6 is 0 Å². The third-order valence-electron chi connectivity index (χ3n) is 2.53. The second-order valence-corrected chi connectivity index (χ2v) is 3.47. The average Bonchev–Trinajstić information content (AvgIpc) is 2.55. The first-order chi connectivity index (χ1) is 7.24. The molecule has 0 fully saturated rings. The van der Waals surface area contributed by atoms with Crippen LogP contribution in [-0.4, -0.2) is 14.5 Å². The van der Waals surface area contributed by atoms with E-state index >= 15 is 0 Å². The first-order valence-corrected chi connectivity index (χ1v) is 4.86. The van der Waals surface area contributed by atoms with Gasteiger partial charge in [0.15, 0.2) is 0 Å². The Balaban J connectivity index is 2.55. The Morgan fingerprint density at radius 2 is 2.27 bits per heavy atom. The molecule has 0 saturated heterocycles. The van der Waals surface area contributed by atoms with E-state index in [1.807, 2.05) is 36.9 Å². The monoisotopic (exact) mass is 202 g/mol. The van der Waals surface area contributed by atoms with Crippen molar-refractivity contribution in [3.63, 3.8) is 0 Å². The normalized spacial score (nSPS) is 10.6. The highest BCUT2D eigenvalue weighted by Crippen LogP contribution is 2.19. The number of hydrogen-bond donors (Lipinski definition) is 1. The van der Waals surface area contributed by atoms with Gasteiger partial charge in [0.05, 0.1) is 11.4 Å². The van der Waals surface area contributed by atoms with Crippen LogP contribution in [0.3, 0.4) is 0 Å². The number of nitrogens with two attached hydrogens (primary N) is 1. The maximum Gasteiger partial charge on any atom is 0.141 e. The van der Waals surface area contributed by atoms with Gasteiger partial charge in [0.1, 0.15) is 5.82 Å². The minimum absolute atomic E-state index is 0.510. The van der Waals surface area contributed by atoms with Gasteiger partial charge in [-0.3, -0.25) is 4.98 Å². The molecule has 0 aliphatic carbocycles. The van der Waals surface area contributed by atoms with E-state index in [-0.39, 0.29) is 0 Å². The topological polar surface area (TPSA) is 56.7 Å². The molecule has 0 radical (unpaired) electrons. The van der Waals surface area contributed by atoms with Crippen molar-refractivity contribution in [1.82, 2.24) is 14.5 Å². The SMILES string of the molecule is Cc1nc(-c2cccnc2)n(C)c1CN. The van der Waals surface area contributed by atoms with Crippen LogP contribution in [0.4, 0.5) is 0 Å². The third kappa shape index (κ3) is 1.64. The van der Waals surface area contributed by atoms with E-state index in [9.17, 15) is 0 Å². The van der Waals surface area contributed by atoms with Gasteiger partial charge >= 0.3 is 0 Å². The molecule has 0 unspecified atom stereocenters. The van der Waals surface area contributed by atoms with Crippen molar-refractivity contribution >= 4 is 0 Å². The molecule has 4 nitrogen and oxygen atoms in total. The zero-order valence-electron chi connectivity index (χ0n) is 8.94. The summed E-state index contributed by atoms with van der Waals surface area (Å²) in [4.78, 5) is 8.58. The summed E-state index contributed by atoms with van der Waals surface area (Å²) in [6.45, 7) is 2.48. The van der Waals surface area contributed by atoms with Crippen LogP contribution in [0.25, 0.3) is 11.4 Å². The van der Waals surface area contributed by atoms with E-state index in [4.69, 9.17) is 5.73 Å². The van der Waals surface area contributed by atoms with Gasteiger partial charge in [0.25, 0.3) is 0 Å². The van der Waals surface area contributed by atoms with Crippen molar-refractivity contribution in [2.75, 3.05) is 0 Å². The molecule has 4 heteroatoms. The molecule has 2 aromatic rings. The predicted octanol–water partition coefficient (Wildman–Crippen LogP) is 1.25. The Bertz CT molecular complexity index is 459. The van der Waals surface area contributed by atoms with E-state index in [1.165, 1.54) is 0 Å². The Labute approximate surface area is 88.8 Å². The zero-order valence-corrected chi connectivity index (χ0v) is 8.94. The van der Waals surface area contributed by atoms with Crippen LogP contribution in [0, 0.1) is 6.92 Å². The lowest BCUT2D eigenvalue weighted by molar-refractivity contribution is 0.822. The number of pyridine rings is 1. The van der Waals surface area contributed by atoms with Crippen molar-refractivity contribution < 1.29 is 0 Å². The van der Waals surface area contributed by atoms with Crippen molar-refractivity contribution in [3.8, 4) is 11.4 Å². The molecule has 0 atom stereocenters. The second-order valence-electron chi connectivity index (χ2n) is 3.47.